The number of aromatic nitrogens is 1. The summed E-state index contributed by atoms with van der Waals surface area (Å²) in [6, 6.07) is 13.9. The number of nitrogens with two attached hydrogens (primary N) is 1. The molecular weight excluding hydrogens is 246 g/mol. The molecule has 2 aromatic rings. The highest BCUT2D eigenvalue weighted by Gasteiger charge is 2.39. The lowest BCUT2D eigenvalue weighted by Crippen LogP contribution is -2.21. The lowest BCUT2D eigenvalue weighted by atomic mass is 9.84. The Bertz CT molecular complexity index is 623. The highest BCUT2D eigenvalue weighted by molar-refractivity contribution is 5.74. The van der Waals surface area contributed by atoms with E-state index >= 15 is 0 Å². The van der Waals surface area contributed by atoms with Gasteiger partial charge < -0.3 is 11.1 Å². The van der Waals surface area contributed by atoms with Gasteiger partial charge in [0.15, 0.2) is 0 Å². The summed E-state index contributed by atoms with van der Waals surface area (Å²) in [5, 5.41) is 3.69. The molecule has 3 nitrogen and oxygen atoms in total. The highest BCUT2D eigenvalue weighted by atomic mass is 15.0. The molecule has 0 radical (unpaired) electrons. The van der Waals surface area contributed by atoms with Crippen molar-refractivity contribution < 1.29 is 0 Å². The summed E-state index contributed by atoms with van der Waals surface area (Å²) >= 11 is 0. The minimum atomic E-state index is 0.601. The maximum atomic E-state index is 6.07. The maximum absolute atomic E-state index is 6.07. The van der Waals surface area contributed by atoms with Gasteiger partial charge in [0, 0.05) is 29.8 Å². The van der Waals surface area contributed by atoms with Crippen LogP contribution >= 0.6 is 0 Å². The number of fused-ring (bicyclic) bond motifs is 2. The van der Waals surface area contributed by atoms with Gasteiger partial charge in [0.2, 0.25) is 0 Å². The van der Waals surface area contributed by atoms with E-state index in [0.717, 1.165) is 11.1 Å². The van der Waals surface area contributed by atoms with Gasteiger partial charge >= 0.3 is 0 Å². The molecule has 0 spiro atoms. The Morgan fingerprint density at radius 1 is 1.15 bits per heavy atom. The van der Waals surface area contributed by atoms with Gasteiger partial charge in [-0.15, -0.1) is 0 Å². The van der Waals surface area contributed by atoms with Crippen LogP contribution in [0.15, 0.2) is 42.6 Å². The van der Waals surface area contributed by atoms with E-state index < -0.39 is 0 Å². The first kappa shape index (κ1) is 11.9. The Labute approximate surface area is 119 Å². The van der Waals surface area contributed by atoms with Crippen LogP contribution < -0.4 is 11.1 Å². The number of nitrogens with zero attached hydrogens (tertiary/aromatic N) is 1. The Balaban J connectivity index is 1.72. The number of anilines is 1. The van der Waals surface area contributed by atoms with Crippen molar-refractivity contribution >= 4 is 5.82 Å². The molecule has 3 heterocycles. The second-order valence-electron chi connectivity index (χ2n) is 5.96. The second kappa shape index (κ2) is 4.60. The number of nitrogen functional groups attached to an aromatic ring is 1. The van der Waals surface area contributed by atoms with Gasteiger partial charge in [0.25, 0.3) is 0 Å². The molecule has 102 valence electrons. The zero-order valence-corrected chi connectivity index (χ0v) is 11.4. The van der Waals surface area contributed by atoms with Gasteiger partial charge in [0.05, 0.1) is 0 Å². The van der Waals surface area contributed by atoms with Crippen LogP contribution in [0, 0.1) is 0 Å². The molecule has 0 amide bonds. The van der Waals surface area contributed by atoms with Crippen LogP contribution in [0.5, 0.6) is 0 Å². The molecule has 3 heteroatoms. The fourth-order valence-electron chi connectivity index (χ4n) is 3.74. The van der Waals surface area contributed by atoms with Crippen LogP contribution in [0.1, 0.15) is 30.7 Å². The minimum absolute atomic E-state index is 0.601. The Morgan fingerprint density at radius 2 is 2.00 bits per heavy atom. The van der Waals surface area contributed by atoms with Crippen molar-refractivity contribution in [3.05, 3.63) is 48.2 Å². The van der Waals surface area contributed by atoms with Crippen molar-refractivity contribution in [2.45, 2.75) is 37.3 Å². The average Bonchev–Trinajstić information content (AvgIpc) is 3.11. The number of hydrogen-bond acceptors (Lipinski definition) is 3. The SMILES string of the molecule is Nc1ncc(C2CC3CCC2N3)cc1-c1ccccc1. The first-order valence-corrected chi connectivity index (χ1v) is 7.38. The number of benzene rings is 1. The van der Waals surface area contributed by atoms with E-state index in [0.29, 0.717) is 23.8 Å². The zero-order valence-electron chi connectivity index (χ0n) is 11.4. The molecule has 3 unspecified atom stereocenters. The van der Waals surface area contributed by atoms with Crippen LogP contribution in [0.3, 0.4) is 0 Å². The van der Waals surface area contributed by atoms with Crippen molar-refractivity contribution in [3.63, 3.8) is 0 Å². The van der Waals surface area contributed by atoms with Crippen LogP contribution in [0.25, 0.3) is 11.1 Å². The molecule has 4 rings (SSSR count). The number of pyridine rings is 1. The molecule has 0 saturated carbocycles. The highest BCUT2D eigenvalue weighted by Crippen LogP contribution is 2.41. The fraction of sp³-hybridized carbons (Fsp3) is 0.353. The van der Waals surface area contributed by atoms with Crippen molar-refractivity contribution in [3.8, 4) is 11.1 Å². The third kappa shape index (κ3) is 1.90. The molecule has 2 aliphatic heterocycles. The first-order valence-electron chi connectivity index (χ1n) is 7.38. The molecule has 3 N–H and O–H groups in total. The van der Waals surface area contributed by atoms with E-state index in [-0.39, 0.29) is 0 Å². The molecular formula is C17H19N3. The largest absolute Gasteiger partial charge is 0.383 e. The average molecular weight is 265 g/mol. The van der Waals surface area contributed by atoms with Crippen molar-refractivity contribution in [2.75, 3.05) is 5.73 Å². The maximum Gasteiger partial charge on any atom is 0.131 e. The molecule has 2 fully saturated rings. The standard InChI is InChI=1S/C17H19N3/c18-17-15(11-4-2-1-3-5-11)8-12(10-19-17)14-9-13-6-7-16(14)20-13/h1-5,8,10,13-14,16,20H,6-7,9H2,(H2,18,19). The number of nitrogens with one attached hydrogen (secondary N) is 1. The van der Waals surface area contributed by atoms with Crippen LogP contribution in [-0.4, -0.2) is 17.1 Å². The quantitative estimate of drug-likeness (QED) is 0.877. The zero-order chi connectivity index (χ0) is 13.5. The molecule has 3 atom stereocenters. The Kier molecular flexibility index (Phi) is 2.74. The van der Waals surface area contributed by atoms with E-state index in [4.69, 9.17) is 5.73 Å². The summed E-state index contributed by atoms with van der Waals surface area (Å²) in [6.07, 6.45) is 5.83. The van der Waals surface area contributed by atoms with Gasteiger partial charge in [0.1, 0.15) is 5.82 Å². The van der Waals surface area contributed by atoms with E-state index in [2.05, 4.69) is 28.5 Å². The summed E-state index contributed by atoms with van der Waals surface area (Å²) in [6.45, 7) is 0. The summed E-state index contributed by atoms with van der Waals surface area (Å²) in [5.41, 5.74) is 9.61. The summed E-state index contributed by atoms with van der Waals surface area (Å²) < 4.78 is 0. The molecule has 0 aliphatic carbocycles. The molecule has 20 heavy (non-hydrogen) atoms. The van der Waals surface area contributed by atoms with Gasteiger partial charge in [-0.05, 0) is 36.5 Å². The lowest BCUT2D eigenvalue weighted by molar-refractivity contribution is 0.505. The monoisotopic (exact) mass is 265 g/mol. The van der Waals surface area contributed by atoms with Crippen LogP contribution in [-0.2, 0) is 0 Å². The topological polar surface area (TPSA) is 50.9 Å². The van der Waals surface area contributed by atoms with Crippen molar-refractivity contribution in [2.24, 2.45) is 0 Å². The first-order chi connectivity index (χ1) is 9.81. The molecule has 1 aromatic heterocycles. The van der Waals surface area contributed by atoms with E-state index in [1.54, 1.807) is 0 Å². The fourth-order valence-corrected chi connectivity index (χ4v) is 3.74. The number of hydrogen-bond donors (Lipinski definition) is 2. The third-order valence-corrected chi connectivity index (χ3v) is 4.75. The summed E-state index contributed by atoms with van der Waals surface area (Å²) in [4.78, 5) is 4.43. The van der Waals surface area contributed by atoms with Crippen molar-refractivity contribution in [1.29, 1.82) is 0 Å². The normalized spacial score (nSPS) is 27.9. The van der Waals surface area contributed by atoms with Gasteiger partial charge in [-0.1, -0.05) is 30.3 Å². The lowest BCUT2D eigenvalue weighted by Gasteiger charge is -2.21. The van der Waals surface area contributed by atoms with Gasteiger partial charge in [-0.3, -0.25) is 0 Å². The van der Waals surface area contributed by atoms with Crippen LogP contribution in [0.2, 0.25) is 0 Å². The van der Waals surface area contributed by atoms with Gasteiger partial charge in [-0.25, -0.2) is 4.98 Å². The predicted octanol–water partition coefficient (Wildman–Crippen LogP) is 2.94. The third-order valence-electron chi connectivity index (χ3n) is 4.75. The number of rotatable bonds is 2. The van der Waals surface area contributed by atoms with Gasteiger partial charge in [-0.2, -0.15) is 0 Å². The Morgan fingerprint density at radius 3 is 2.70 bits per heavy atom. The molecule has 2 aliphatic rings. The minimum Gasteiger partial charge on any atom is -0.383 e. The molecule has 2 saturated heterocycles. The second-order valence-corrected chi connectivity index (χ2v) is 5.96. The molecule has 1 aromatic carbocycles. The molecule has 2 bridgehead atoms. The smallest absolute Gasteiger partial charge is 0.131 e. The predicted molar refractivity (Wildman–Crippen MR) is 81.4 cm³/mol. The van der Waals surface area contributed by atoms with Crippen molar-refractivity contribution in [1.82, 2.24) is 10.3 Å². The summed E-state index contributed by atoms with van der Waals surface area (Å²) in [7, 11) is 0. The van der Waals surface area contributed by atoms with E-state index in [1.165, 1.54) is 24.8 Å². The van der Waals surface area contributed by atoms with Crippen LogP contribution in [0.4, 0.5) is 5.82 Å². The van der Waals surface area contributed by atoms with E-state index in [9.17, 15) is 0 Å². The van der Waals surface area contributed by atoms with E-state index in [1.807, 2.05) is 24.4 Å². The summed E-state index contributed by atoms with van der Waals surface area (Å²) in [5.74, 6) is 1.22. The Hall–Kier alpha value is -1.87.